The van der Waals surface area contributed by atoms with Crippen LogP contribution in [-0.2, 0) is 14.8 Å². The molecule has 1 aromatic carbocycles. The molecule has 0 spiro atoms. The molecule has 0 radical (unpaired) electrons. The van der Waals surface area contributed by atoms with Crippen molar-refractivity contribution in [1.82, 2.24) is 4.72 Å². The lowest BCUT2D eigenvalue weighted by molar-refractivity contribution is 0.141. The molecule has 0 aromatic heterocycles. The quantitative estimate of drug-likeness (QED) is 0.650. The normalized spacial score (nSPS) is 11.5. The van der Waals surface area contributed by atoms with Crippen LogP contribution in [0.25, 0.3) is 0 Å². The highest BCUT2D eigenvalue weighted by Gasteiger charge is 2.16. The van der Waals surface area contributed by atoms with E-state index in [0.717, 1.165) is 19.4 Å². The molecule has 0 aliphatic heterocycles. The number of anilines is 1. The molecule has 0 aliphatic rings. The van der Waals surface area contributed by atoms with E-state index in [1.54, 1.807) is 25.1 Å². The lowest BCUT2D eigenvalue weighted by Crippen LogP contribution is -2.24. The minimum absolute atomic E-state index is 0.274. The van der Waals surface area contributed by atoms with E-state index in [9.17, 15) is 8.42 Å². The summed E-state index contributed by atoms with van der Waals surface area (Å²) in [5.74, 6) is 0. The Kier molecular flexibility index (Phi) is 7.58. The Balaban J connectivity index is 2.58. The van der Waals surface area contributed by atoms with Crippen molar-refractivity contribution in [2.45, 2.75) is 31.6 Å². The number of hydrogen-bond donors (Lipinski definition) is 2. The molecule has 20 heavy (non-hydrogen) atoms. The molecule has 0 fully saturated rings. The van der Waals surface area contributed by atoms with Crippen LogP contribution in [0, 0.1) is 0 Å². The molecule has 1 rings (SSSR count). The Morgan fingerprint density at radius 2 is 1.90 bits per heavy atom. The maximum atomic E-state index is 12.0. The van der Waals surface area contributed by atoms with Crippen molar-refractivity contribution < 1.29 is 13.2 Å². The first-order valence-electron chi connectivity index (χ1n) is 7.02. The van der Waals surface area contributed by atoms with Crippen LogP contribution >= 0.6 is 0 Å². The first-order chi connectivity index (χ1) is 9.61. The van der Waals surface area contributed by atoms with E-state index in [0.29, 0.717) is 25.4 Å². The highest BCUT2D eigenvalue weighted by molar-refractivity contribution is 7.89. The molecule has 0 heterocycles. The summed E-state index contributed by atoms with van der Waals surface area (Å²) >= 11 is 0. The van der Waals surface area contributed by atoms with E-state index < -0.39 is 10.0 Å². The zero-order chi connectivity index (χ0) is 14.8. The Bertz CT molecular complexity index is 489. The van der Waals surface area contributed by atoms with Gasteiger partial charge in [-0.25, -0.2) is 13.1 Å². The molecule has 0 aliphatic carbocycles. The first-order valence-corrected chi connectivity index (χ1v) is 8.50. The number of hydrogen-bond acceptors (Lipinski definition) is 4. The average molecular weight is 300 g/mol. The molecule has 0 bridgehead atoms. The Hall–Kier alpha value is -1.11. The SMILES string of the molecule is CCCCOCCNc1ccccc1S(=O)(=O)NCC. The maximum Gasteiger partial charge on any atom is 0.242 e. The van der Waals surface area contributed by atoms with Crippen LogP contribution in [-0.4, -0.2) is 34.7 Å². The number of unbranched alkanes of at least 4 members (excludes halogenated alkanes) is 1. The Labute approximate surface area is 121 Å². The predicted molar refractivity (Wildman–Crippen MR) is 81.5 cm³/mol. The summed E-state index contributed by atoms with van der Waals surface area (Å²) in [4.78, 5) is 0.274. The molecular formula is C14H24N2O3S. The fourth-order valence-corrected chi connectivity index (χ4v) is 2.94. The van der Waals surface area contributed by atoms with Gasteiger partial charge in [0.25, 0.3) is 0 Å². The number of sulfonamides is 1. The van der Waals surface area contributed by atoms with E-state index in [-0.39, 0.29) is 4.90 Å². The Morgan fingerprint density at radius 1 is 1.15 bits per heavy atom. The van der Waals surface area contributed by atoms with Gasteiger partial charge in [-0.2, -0.15) is 0 Å². The lowest BCUT2D eigenvalue weighted by atomic mass is 10.3. The van der Waals surface area contributed by atoms with Crippen molar-refractivity contribution in [3.05, 3.63) is 24.3 Å². The zero-order valence-electron chi connectivity index (χ0n) is 12.2. The summed E-state index contributed by atoms with van der Waals surface area (Å²) in [5, 5.41) is 3.11. The number of rotatable bonds is 10. The van der Waals surface area contributed by atoms with Crippen LogP contribution in [0.15, 0.2) is 29.2 Å². The van der Waals surface area contributed by atoms with Crippen LogP contribution in [0.5, 0.6) is 0 Å². The summed E-state index contributed by atoms with van der Waals surface area (Å²) < 4.78 is 32.0. The summed E-state index contributed by atoms with van der Waals surface area (Å²) in [6.07, 6.45) is 2.16. The van der Waals surface area contributed by atoms with Crippen molar-refractivity contribution in [3.63, 3.8) is 0 Å². The average Bonchev–Trinajstić information content (AvgIpc) is 2.43. The highest BCUT2D eigenvalue weighted by atomic mass is 32.2. The lowest BCUT2D eigenvalue weighted by Gasteiger charge is -2.12. The van der Waals surface area contributed by atoms with Crippen LogP contribution in [0.3, 0.4) is 0 Å². The van der Waals surface area contributed by atoms with Crippen LogP contribution in [0.2, 0.25) is 0 Å². The fourth-order valence-electron chi connectivity index (χ4n) is 1.72. The number of benzene rings is 1. The molecule has 5 nitrogen and oxygen atoms in total. The molecule has 114 valence electrons. The minimum Gasteiger partial charge on any atom is -0.382 e. The molecular weight excluding hydrogens is 276 g/mol. The smallest absolute Gasteiger partial charge is 0.242 e. The Morgan fingerprint density at radius 3 is 2.60 bits per heavy atom. The third-order valence-corrected chi connectivity index (χ3v) is 4.32. The van der Waals surface area contributed by atoms with Gasteiger partial charge in [0.15, 0.2) is 0 Å². The molecule has 0 unspecified atom stereocenters. The zero-order valence-corrected chi connectivity index (χ0v) is 13.0. The predicted octanol–water partition coefficient (Wildman–Crippen LogP) is 2.21. The van der Waals surface area contributed by atoms with Gasteiger partial charge in [-0.1, -0.05) is 32.4 Å². The monoisotopic (exact) mass is 300 g/mol. The van der Waals surface area contributed by atoms with Gasteiger partial charge in [-0.15, -0.1) is 0 Å². The van der Waals surface area contributed by atoms with Gasteiger partial charge in [0.1, 0.15) is 4.90 Å². The number of nitrogens with one attached hydrogen (secondary N) is 2. The molecule has 1 aromatic rings. The van der Waals surface area contributed by atoms with Crippen molar-refractivity contribution in [2.24, 2.45) is 0 Å². The summed E-state index contributed by atoms with van der Waals surface area (Å²) in [6, 6.07) is 6.88. The van der Waals surface area contributed by atoms with Gasteiger partial charge in [-0.05, 0) is 18.6 Å². The van der Waals surface area contributed by atoms with E-state index in [1.165, 1.54) is 0 Å². The van der Waals surface area contributed by atoms with Gasteiger partial charge in [0.2, 0.25) is 10.0 Å². The second-order valence-electron chi connectivity index (χ2n) is 4.39. The van der Waals surface area contributed by atoms with Gasteiger partial charge >= 0.3 is 0 Å². The van der Waals surface area contributed by atoms with Gasteiger partial charge in [0, 0.05) is 19.7 Å². The topological polar surface area (TPSA) is 67.4 Å². The second-order valence-corrected chi connectivity index (χ2v) is 6.13. The minimum atomic E-state index is -3.45. The van der Waals surface area contributed by atoms with E-state index in [4.69, 9.17) is 4.74 Å². The van der Waals surface area contributed by atoms with Crippen molar-refractivity contribution in [2.75, 3.05) is 31.6 Å². The van der Waals surface area contributed by atoms with Gasteiger partial charge < -0.3 is 10.1 Å². The van der Waals surface area contributed by atoms with E-state index in [2.05, 4.69) is 17.0 Å². The van der Waals surface area contributed by atoms with E-state index >= 15 is 0 Å². The third-order valence-electron chi connectivity index (χ3n) is 2.72. The molecule has 0 amide bonds. The summed E-state index contributed by atoms with van der Waals surface area (Å²) in [6.45, 7) is 6.14. The van der Waals surface area contributed by atoms with Crippen molar-refractivity contribution >= 4 is 15.7 Å². The van der Waals surface area contributed by atoms with Crippen LogP contribution < -0.4 is 10.0 Å². The van der Waals surface area contributed by atoms with Crippen LogP contribution in [0.4, 0.5) is 5.69 Å². The van der Waals surface area contributed by atoms with E-state index in [1.807, 2.05) is 6.07 Å². The number of para-hydroxylation sites is 1. The summed E-state index contributed by atoms with van der Waals surface area (Å²) in [7, 11) is -3.45. The molecule has 0 saturated carbocycles. The fraction of sp³-hybridized carbons (Fsp3) is 0.571. The molecule has 0 saturated heterocycles. The second kappa shape index (κ2) is 8.94. The highest BCUT2D eigenvalue weighted by Crippen LogP contribution is 2.20. The summed E-state index contributed by atoms with van der Waals surface area (Å²) in [5.41, 5.74) is 0.604. The third kappa shape index (κ3) is 5.48. The standard InChI is InChI=1S/C14H24N2O3S/c1-3-5-11-19-12-10-15-13-8-6-7-9-14(13)20(17,18)16-4-2/h6-9,15-16H,3-5,10-12H2,1-2H3. The number of ether oxygens (including phenoxy) is 1. The molecule has 2 N–H and O–H groups in total. The van der Waals surface area contributed by atoms with Crippen molar-refractivity contribution in [3.8, 4) is 0 Å². The molecule has 0 atom stereocenters. The first kappa shape index (κ1) is 16.9. The molecule has 6 heteroatoms. The van der Waals surface area contributed by atoms with Crippen molar-refractivity contribution in [1.29, 1.82) is 0 Å². The van der Waals surface area contributed by atoms with Crippen LogP contribution in [0.1, 0.15) is 26.7 Å². The van der Waals surface area contributed by atoms with Gasteiger partial charge in [-0.3, -0.25) is 0 Å². The maximum absolute atomic E-state index is 12.0. The largest absolute Gasteiger partial charge is 0.382 e. The van der Waals surface area contributed by atoms with Gasteiger partial charge in [0.05, 0.1) is 12.3 Å².